The highest BCUT2D eigenvalue weighted by Gasteiger charge is 2.25. The topological polar surface area (TPSA) is 49.4 Å². The summed E-state index contributed by atoms with van der Waals surface area (Å²) in [6, 6.07) is 1.65. The lowest BCUT2D eigenvalue weighted by Crippen LogP contribution is -2.31. The van der Waals surface area contributed by atoms with Gasteiger partial charge in [-0.25, -0.2) is 8.42 Å². The number of hydrogen-bond acceptors (Lipinski definition) is 4. The van der Waals surface area contributed by atoms with Crippen LogP contribution in [0.25, 0.3) is 0 Å². The van der Waals surface area contributed by atoms with Crippen molar-refractivity contribution in [2.24, 2.45) is 0 Å². The van der Waals surface area contributed by atoms with E-state index in [0.717, 1.165) is 17.8 Å². The van der Waals surface area contributed by atoms with Gasteiger partial charge >= 0.3 is 0 Å². The molecule has 0 amide bonds. The van der Waals surface area contributed by atoms with E-state index in [-0.39, 0.29) is 6.54 Å². The summed E-state index contributed by atoms with van der Waals surface area (Å²) in [5, 5.41) is 5.03. The van der Waals surface area contributed by atoms with E-state index in [1.54, 1.807) is 18.4 Å². The monoisotopic (exact) mass is 300 g/mol. The molecular weight excluding hydrogens is 280 g/mol. The van der Waals surface area contributed by atoms with Crippen LogP contribution in [0.4, 0.5) is 0 Å². The van der Waals surface area contributed by atoms with Crippen molar-refractivity contribution in [1.82, 2.24) is 9.62 Å². The van der Waals surface area contributed by atoms with Crippen LogP contribution in [-0.4, -0.2) is 32.4 Å². The Labute approximate surface area is 119 Å². The highest BCUT2D eigenvalue weighted by Crippen LogP contribution is 2.25. The van der Waals surface area contributed by atoms with E-state index in [4.69, 9.17) is 6.42 Å². The molecule has 0 fully saturated rings. The normalized spacial score (nSPS) is 11.7. The largest absolute Gasteiger partial charge is 0.312 e. The molecular formula is C13H20N2O2S2. The fourth-order valence-corrected chi connectivity index (χ4v) is 4.42. The second-order valence-electron chi connectivity index (χ2n) is 4.02. The summed E-state index contributed by atoms with van der Waals surface area (Å²) in [6.45, 7) is 5.80. The molecule has 6 heteroatoms. The molecule has 0 saturated carbocycles. The second kappa shape index (κ2) is 7.65. The zero-order valence-electron chi connectivity index (χ0n) is 11.3. The van der Waals surface area contributed by atoms with E-state index >= 15 is 0 Å². The Hall–Kier alpha value is -0.870. The Bertz CT molecular complexity index is 529. The Morgan fingerprint density at radius 2 is 2.21 bits per heavy atom. The van der Waals surface area contributed by atoms with Gasteiger partial charge in [0, 0.05) is 18.0 Å². The zero-order valence-corrected chi connectivity index (χ0v) is 13.0. The van der Waals surface area contributed by atoms with Gasteiger partial charge in [-0.1, -0.05) is 19.8 Å². The predicted molar refractivity (Wildman–Crippen MR) is 79.6 cm³/mol. The maximum absolute atomic E-state index is 12.5. The van der Waals surface area contributed by atoms with Gasteiger partial charge in [0.1, 0.15) is 0 Å². The number of sulfonamides is 1. The van der Waals surface area contributed by atoms with Crippen LogP contribution in [0.15, 0.2) is 16.3 Å². The number of hydrogen-bond donors (Lipinski definition) is 1. The molecule has 0 aliphatic heterocycles. The van der Waals surface area contributed by atoms with E-state index in [0.29, 0.717) is 18.0 Å². The van der Waals surface area contributed by atoms with Crippen LogP contribution in [0, 0.1) is 12.3 Å². The van der Waals surface area contributed by atoms with Gasteiger partial charge in [0.25, 0.3) is 0 Å². The zero-order chi connectivity index (χ0) is 14.3. The van der Waals surface area contributed by atoms with E-state index in [9.17, 15) is 8.42 Å². The molecule has 0 aliphatic carbocycles. The number of terminal acetylenes is 1. The van der Waals surface area contributed by atoms with Crippen molar-refractivity contribution in [2.45, 2.75) is 31.7 Å². The fourth-order valence-electron chi connectivity index (χ4n) is 1.67. The smallest absolute Gasteiger partial charge is 0.245 e. The molecule has 19 heavy (non-hydrogen) atoms. The average Bonchev–Trinajstić information content (AvgIpc) is 2.85. The highest BCUT2D eigenvalue weighted by molar-refractivity contribution is 7.89. The number of nitrogens with one attached hydrogen (secondary N) is 1. The Balaban J connectivity index is 2.95. The van der Waals surface area contributed by atoms with Crippen molar-refractivity contribution in [3.8, 4) is 12.3 Å². The van der Waals surface area contributed by atoms with Crippen LogP contribution < -0.4 is 5.32 Å². The summed E-state index contributed by atoms with van der Waals surface area (Å²) in [5.74, 6) is 2.39. The van der Waals surface area contributed by atoms with Crippen LogP contribution in [-0.2, 0) is 16.6 Å². The number of rotatable bonds is 8. The van der Waals surface area contributed by atoms with Crippen LogP contribution in [0.3, 0.4) is 0 Å². The van der Waals surface area contributed by atoms with Crippen LogP contribution in [0.2, 0.25) is 0 Å². The van der Waals surface area contributed by atoms with Gasteiger partial charge < -0.3 is 5.32 Å². The van der Waals surface area contributed by atoms with Crippen molar-refractivity contribution < 1.29 is 8.42 Å². The number of nitrogens with zero attached hydrogens (tertiary/aromatic N) is 1. The lowest BCUT2D eigenvalue weighted by Gasteiger charge is -2.18. The molecule has 1 aromatic heterocycles. The number of thiophene rings is 1. The standard InChI is InChI=1S/C13H20N2O2S2/c1-4-8-14-11-12-13(7-10-18-12)19(16,17)15(6-3)9-5-2/h2,7,10,14H,4,6,8-9,11H2,1,3H3. The third-order valence-corrected chi connectivity index (χ3v) is 5.71. The molecule has 0 spiro atoms. The quantitative estimate of drug-likeness (QED) is 0.589. The first-order chi connectivity index (χ1) is 9.07. The molecule has 1 rings (SSSR count). The third-order valence-electron chi connectivity index (χ3n) is 2.66. The molecule has 0 aromatic carbocycles. The molecule has 0 atom stereocenters. The minimum Gasteiger partial charge on any atom is -0.312 e. The first kappa shape index (κ1) is 16.2. The fraction of sp³-hybridized carbons (Fsp3) is 0.538. The van der Waals surface area contributed by atoms with Crippen molar-refractivity contribution >= 4 is 21.4 Å². The van der Waals surface area contributed by atoms with Crippen molar-refractivity contribution in [3.63, 3.8) is 0 Å². The lowest BCUT2D eigenvalue weighted by atomic mass is 10.4. The average molecular weight is 300 g/mol. The summed E-state index contributed by atoms with van der Waals surface area (Å²) in [5.41, 5.74) is 0. The first-order valence-corrected chi connectivity index (χ1v) is 8.60. The molecule has 0 radical (unpaired) electrons. The van der Waals surface area contributed by atoms with Gasteiger partial charge in [-0.15, -0.1) is 17.8 Å². The Kier molecular flexibility index (Phi) is 6.52. The molecule has 4 nitrogen and oxygen atoms in total. The SMILES string of the molecule is C#CCN(CC)S(=O)(=O)c1ccsc1CNCCC. The van der Waals surface area contributed by atoms with Crippen molar-refractivity contribution in [2.75, 3.05) is 19.6 Å². The molecule has 0 bridgehead atoms. The molecule has 106 valence electrons. The van der Waals surface area contributed by atoms with Gasteiger partial charge in [0.15, 0.2) is 0 Å². The minimum absolute atomic E-state index is 0.108. The van der Waals surface area contributed by atoms with E-state index in [1.165, 1.54) is 15.6 Å². The maximum Gasteiger partial charge on any atom is 0.245 e. The van der Waals surface area contributed by atoms with Crippen LogP contribution in [0.1, 0.15) is 25.1 Å². The summed E-state index contributed by atoms with van der Waals surface area (Å²) in [6.07, 6.45) is 6.24. The third kappa shape index (κ3) is 4.05. The van der Waals surface area contributed by atoms with Gasteiger partial charge in [0.2, 0.25) is 10.0 Å². The van der Waals surface area contributed by atoms with Crippen molar-refractivity contribution in [1.29, 1.82) is 0 Å². The van der Waals surface area contributed by atoms with Crippen LogP contribution >= 0.6 is 11.3 Å². The van der Waals surface area contributed by atoms with E-state index in [2.05, 4.69) is 18.2 Å². The molecule has 0 unspecified atom stereocenters. The lowest BCUT2D eigenvalue weighted by molar-refractivity contribution is 0.463. The Morgan fingerprint density at radius 1 is 1.47 bits per heavy atom. The van der Waals surface area contributed by atoms with Crippen molar-refractivity contribution in [3.05, 3.63) is 16.3 Å². The second-order valence-corrected chi connectivity index (χ2v) is 6.93. The van der Waals surface area contributed by atoms with Crippen LogP contribution in [0.5, 0.6) is 0 Å². The van der Waals surface area contributed by atoms with Gasteiger partial charge in [0.05, 0.1) is 11.4 Å². The summed E-state index contributed by atoms with van der Waals surface area (Å²) >= 11 is 1.45. The van der Waals surface area contributed by atoms with E-state index < -0.39 is 10.0 Å². The van der Waals surface area contributed by atoms with Gasteiger partial charge in [-0.3, -0.25) is 0 Å². The molecule has 0 aliphatic rings. The maximum atomic E-state index is 12.5. The highest BCUT2D eigenvalue weighted by atomic mass is 32.2. The minimum atomic E-state index is -3.48. The summed E-state index contributed by atoms with van der Waals surface area (Å²) in [7, 11) is -3.48. The molecule has 0 saturated heterocycles. The molecule has 1 N–H and O–H groups in total. The van der Waals surface area contributed by atoms with Gasteiger partial charge in [-0.05, 0) is 24.4 Å². The summed E-state index contributed by atoms with van der Waals surface area (Å²) in [4.78, 5) is 1.21. The first-order valence-electron chi connectivity index (χ1n) is 6.28. The molecule has 1 heterocycles. The van der Waals surface area contributed by atoms with E-state index in [1.807, 2.05) is 0 Å². The summed E-state index contributed by atoms with van der Waals surface area (Å²) < 4.78 is 26.3. The van der Waals surface area contributed by atoms with Gasteiger partial charge in [-0.2, -0.15) is 4.31 Å². The molecule has 1 aromatic rings. The Morgan fingerprint density at radius 3 is 2.79 bits per heavy atom. The predicted octanol–water partition coefficient (Wildman–Crippen LogP) is 1.89.